The van der Waals surface area contributed by atoms with Gasteiger partial charge in [-0.25, -0.2) is 4.39 Å². The highest BCUT2D eigenvalue weighted by molar-refractivity contribution is 5.44. The molecule has 0 saturated heterocycles. The Morgan fingerprint density at radius 2 is 2.19 bits per heavy atom. The summed E-state index contributed by atoms with van der Waals surface area (Å²) in [6, 6.07) is 5.22. The van der Waals surface area contributed by atoms with Crippen LogP contribution in [0.4, 0.5) is 10.1 Å². The molecule has 0 aliphatic carbocycles. The van der Waals surface area contributed by atoms with E-state index in [0.29, 0.717) is 16.9 Å². The molecule has 2 aromatic rings. The van der Waals surface area contributed by atoms with Crippen LogP contribution < -0.4 is 4.74 Å². The minimum atomic E-state index is -0.925. The number of aromatic nitrogens is 1. The number of ether oxygens (including phenoxy) is 1. The predicted molar refractivity (Wildman–Crippen MR) is 72.3 cm³/mol. The standard InChI is InChI=1S/C14H13FN2O4/c1-9(18)13-5-12(17(19)20)2-3-14(13)21-8-10-4-11(15)7-16-6-10/h2-7,9,18H,8H2,1H3/t9-/m0/s1. The average Bonchev–Trinajstić information content (AvgIpc) is 2.44. The van der Waals surface area contributed by atoms with Crippen molar-refractivity contribution in [2.24, 2.45) is 0 Å². The van der Waals surface area contributed by atoms with Gasteiger partial charge < -0.3 is 9.84 Å². The number of nitrogens with zero attached hydrogens (tertiary/aromatic N) is 2. The fraction of sp³-hybridized carbons (Fsp3) is 0.214. The topological polar surface area (TPSA) is 85.5 Å². The van der Waals surface area contributed by atoms with Crippen LogP contribution in [0.2, 0.25) is 0 Å². The van der Waals surface area contributed by atoms with Gasteiger partial charge in [0, 0.05) is 29.5 Å². The van der Waals surface area contributed by atoms with Crippen molar-refractivity contribution in [2.75, 3.05) is 0 Å². The van der Waals surface area contributed by atoms with Crippen molar-refractivity contribution in [1.29, 1.82) is 0 Å². The van der Waals surface area contributed by atoms with E-state index in [0.717, 1.165) is 6.20 Å². The van der Waals surface area contributed by atoms with Crippen LogP contribution in [0.15, 0.2) is 36.7 Å². The zero-order valence-corrected chi connectivity index (χ0v) is 11.2. The predicted octanol–water partition coefficient (Wildman–Crippen LogP) is 2.76. The third-order valence-electron chi connectivity index (χ3n) is 2.81. The maximum atomic E-state index is 13.0. The van der Waals surface area contributed by atoms with Crippen LogP contribution in [0.25, 0.3) is 0 Å². The summed E-state index contributed by atoms with van der Waals surface area (Å²) in [4.78, 5) is 13.9. The molecule has 1 aromatic heterocycles. The van der Waals surface area contributed by atoms with Crippen molar-refractivity contribution in [3.05, 3.63) is 63.7 Å². The van der Waals surface area contributed by atoms with E-state index in [1.165, 1.54) is 37.4 Å². The molecule has 0 fully saturated rings. The van der Waals surface area contributed by atoms with Crippen molar-refractivity contribution in [3.63, 3.8) is 0 Å². The molecule has 1 heterocycles. The number of halogens is 1. The molecular formula is C14H13FN2O4. The lowest BCUT2D eigenvalue weighted by Crippen LogP contribution is -2.02. The summed E-state index contributed by atoms with van der Waals surface area (Å²) in [5, 5.41) is 20.4. The number of nitro benzene ring substituents is 1. The number of hydrogen-bond acceptors (Lipinski definition) is 5. The Morgan fingerprint density at radius 3 is 2.81 bits per heavy atom. The monoisotopic (exact) mass is 292 g/mol. The van der Waals surface area contributed by atoms with Crippen molar-refractivity contribution >= 4 is 5.69 Å². The largest absolute Gasteiger partial charge is 0.488 e. The van der Waals surface area contributed by atoms with Crippen LogP contribution in [0.1, 0.15) is 24.2 Å². The first-order valence-corrected chi connectivity index (χ1v) is 6.16. The first kappa shape index (κ1) is 14.9. The lowest BCUT2D eigenvalue weighted by Gasteiger charge is -2.13. The van der Waals surface area contributed by atoms with E-state index >= 15 is 0 Å². The lowest BCUT2D eigenvalue weighted by molar-refractivity contribution is -0.385. The van der Waals surface area contributed by atoms with Crippen LogP contribution in [-0.4, -0.2) is 15.0 Å². The van der Waals surface area contributed by atoms with E-state index in [9.17, 15) is 19.6 Å². The molecule has 0 unspecified atom stereocenters. The maximum absolute atomic E-state index is 13.0. The summed E-state index contributed by atoms with van der Waals surface area (Å²) in [5.74, 6) is -0.171. The van der Waals surface area contributed by atoms with E-state index in [4.69, 9.17) is 4.74 Å². The third kappa shape index (κ3) is 3.73. The van der Waals surface area contributed by atoms with E-state index in [1.807, 2.05) is 0 Å². The number of non-ortho nitro benzene ring substituents is 1. The minimum absolute atomic E-state index is 0.0439. The quantitative estimate of drug-likeness (QED) is 0.676. The highest BCUT2D eigenvalue weighted by Crippen LogP contribution is 2.29. The molecule has 110 valence electrons. The van der Waals surface area contributed by atoms with Gasteiger partial charge in [-0.3, -0.25) is 15.1 Å². The molecule has 6 nitrogen and oxygen atoms in total. The molecule has 0 amide bonds. The fourth-order valence-corrected chi connectivity index (χ4v) is 1.80. The number of hydrogen-bond donors (Lipinski definition) is 1. The van der Waals surface area contributed by atoms with Crippen molar-refractivity contribution < 1.29 is 19.2 Å². The second kappa shape index (κ2) is 6.27. The zero-order valence-electron chi connectivity index (χ0n) is 11.2. The van der Waals surface area contributed by atoms with E-state index < -0.39 is 16.8 Å². The second-order valence-electron chi connectivity index (χ2n) is 4.46. The van der Waals surface area contributed by atoms with Gasteiger partial charge >= 0.3 is 0 Å². The zero-order chi connectivity index (χ0) is 15.4. The van der Waals surface area contributed by atoms with Gasteiger partial charge in [-0.2, -0.15) is 0 Å². The number of nitro groups is 1. The Balaban J connectivity index is 2.21. The first-order chi connectivity index (χ1) is 9.97. The molecular weight excluding hydrogens is 279 g/mol. The number of benzene rings is 1. The van der Waals surface area contributed by atoms with E-state index in [1.54, 1.807) is 0 Å². The summed E-state index contributed by atoms with van der Waals surface area (Å²) in [6.07, 6.45) is 1.61. The normalized spacial score (nSPS) is 12.0. The molecule has 1 N–H and O–H groups in total. The fourth-order valence-electron chi connectivity index (χ4n) is 1.80. The Morgan fingerprint density at radius 1 is 1.43 bits per heavy atom. The molecule has 0 bridgehead atoms. The van der Waals surface area contributed by atoms with Gasteiger partial charge in [-0.1, -0.05) is 0 Å². The van der Waals surface area contributed by atoms with Crippen molar-refractivity contribution in [3.8, 4) is 5.75 Å². The van der Waals surface area contributed by atoms with Crippen LogP contribution in [0.5, 0.6) is 5.75 Å². The molecule has 0 spiro atoms. The summed E-state index contributed by atoms with van der Waals surface area (Å²) in [5.41, 5.74) is 0.684. The number of aliphatic hydroxyl groups is 1. The van der Waals surface area contributed by atoms with Crippen molar-refractivity contribution in [2.45, 2.75) is 19.6 Å². The summed E-state index contributed by atoms with van der Waals surface area (Å²) in [7, 11) is 0. The molecule has 0 aliphatic rings. The number of aliphatic hydroxyl groups excluding tert-OH is 1. The van der Waals surface area contributed by atoms with Gasteiger partial charge in [0.2, 0.25) is 0 Å². The number of pyridine rings is 1. The summed E-state index contributed by atoms with van der Waals surface area (Å²) in [6.45, 7) is 1.53. The Labute approximate surface area is 120 Å². The second-order valence-corrected chi connectivity index (χ2v) is 4.46. The minimum Gasteiger partial charge on any atom is -0.488 e. The third-order valence-corrected chi connectivity index (χ3v) is 2.81. The Bertz CT molecular complexity index is 661. The SMILES string of the molecule is C[C@H](O)c1cc([N+](=O)[O-])ccc1OCc1cncc(F)c1. The maximum Gasteiger partial charge on any atom is 0.270 e. The van der Waals surface area contributed by atoms with E-state index in [-0.39, 0.29) is 12.3 Å². The van der Waals surface area contributed by atoms with Gasteiger partial charge in [-0.15, -0.1) is 0 Å². The van der Waals surface area contributed by atoms with Gasteiger partial charge in [0.15, 0.2) is 0 Å². The van der Waals surface area contributed by atoms with Crippen LogP contribution in [0, 0.1) is 15.9 Å². The molecule has 0 radical (unpaired) electrons. The molecule has 21 heavy (non-hydrogen) atoms. The lowest BCUT2D eigenvalue weighted by atomic mass is 10.1. The van der Waals surface area contributed by atoms with Crippen LogP contribution >= 0.6 is 0 Å². The molecule has 0 saturated carbocycles. The molecule has 1 aromatic carbocycles. The number of rotatable bonds is 5. The van der Waals surface area contributed by atoms with Gasteiger partial charge in [0.1, 0.15) is 18.2 Å². The first-order valence-electron chi connectivity index (χ1n) is 6.16. The van der Waals surface area contributed by atoms with Crippen LogP contribution in [-0.2, 0) is 6.61 Å². The van der Waals surface area contributed by atoms with Crippen molar-refractivity contribution in [1.82, 2.24) is 4.98 Å². The highest BCUT2D eigenvalue weighted by Gasteiger charge is 2.15. The van der Waals surface area contributed by atoms with Gasteiger partial charge in [-0.05, 0) is 19.1 Å². The smallest absolute Gasteiger partial charge is 0.270 e. The molecule has 1 atom stereocenters. The summed E-state index contributed by atoms with van der Waals surface area (Å²) < 4.78 is 18.5. The molecule has 0 aliphatic heterocycles. The van der Waals surface area contributed by atoms with Gasteiger partial charge in [0.05, 0.1) is 17.2 Å². The molecule has 7 heteroatoms. The highest BCUT2D eigenvalue weighted by atomic mass is 19.1. The molecule has 2 rings (SSSR count). The van der Waals surface area contributed by atoms with Crippen LogP contribution in [0.3, 0.4) is 0 Å². The Hall–Kier alpha value is -2.54. The van der Waals surface area contributed by atoms with Gasteiger partial charge in [0.25, 0.3) is 5.69 Å². The average molecular weight is 292 g/mol. The Kier molecular flexibility index (Phi) is 4.44. The summed E-state index contributed by atoms with van der Waals surface area (Å²) >= 11 is 0. The van der Waals surface area contributed by atoms with E-state index in [2.05, 4.69) is 4.98 Å².